The van der Waals surface area contributed by atoms with E-state index in [-0.39, 0.29) is 0 Å². The van der Waals surface area contributed by atoms with E-state index < -0.39 is 0 Å². The number of hydrogen-bond acceptors (Lipinski definition) is 3. The first-order valence-electron chi connectivity index (χ1n) is 9.63. The Morgan fingerprint density at radius 1 is 1.15 bits per heavy atom. The highest BCUT2D eigenvalue weighted by Gasteiger charge is 2.15. The van der Waals surface area contributed by atoms with Crippen molar-refractivity contribution in [1.82, 2.24) is 4.90 Å². The van der Waals surface area contributed by atoms with Crippen LogP contribution in [0.3, 0.4) is 0 Å². The minimum Gasteiger partial charge on any atom is -0.497 e. The van der Waals surface area contributed by atoms with Crippen LogP contribution < -0.4 is 15.8 Å². The number of nitrogens with two attached hydrogens (primary N) is 1. The highest BCUT2D eigenvalue weighted by atomic mass is 16.5. The number of guanidine groups is 1. The summed E-state index contributed by atoms with van der Waals surface area (Å²) in [7, 11) is 1.65. The number of nitrogens with one attached hydrogen (secondary N) is 1. The van der Waals surface area contributed by atoms with Crippen LogP contribution in [-0.4, -0.2) is 31.1 Å². The molecule has 1 heterocycles. The lowest BCUT2D eigenvalue weighted by atomic mass is 9.98. The van der Waals surface area contributed by atoms with Crippen molar-refractivity contribution in [2.24, 2.45) is 16.6 Å². The zero-order valence-corrected chi connectivity index (χ0v) is 16.3. The smallest absolute Gasteiger partial charge is 0.193 e. The Kier molecular flexibility index (Phi) is 6.71. The van der Waals surface area contributed by atoms with Crippen molar-refractivity contribution in [2.75, 3.05) is 25.5 Å². The maximum Gasteiger partial charge on any atom is 0.193 e. The number of anilines is 1. The number of nitrogens with zero attached hydrogens (tertiary/aromatic N) is 2. The molecule has 2 aromatic rings. The second kappa shape index (κ2) is 9.42. The molecule has 0 atom stereocenters. The lowest BCUT2D eigenvalue weighted by Crippen LogP contribution is -2.32. The number of piperidine rings is 1. The molecule has 3 rings (SSSR count). The van der Waals surface area contributed by atoms with E-state index in [2.05, 4.69) is 46.4 Å². The Hall–Kier alpha value is -2.53. The third-order valence-corrected chi connectivity index (χ3v) is 5.05. The molecule has 0 amide bonds. The molecule has 144 valence electrons. The molecule has 1 aliphatic rings. The number of benzene rings is 2. The molecule has 0 bridgehead atoms. The minimum absolute atomic E-state index is 0.402. The lowest BCUT2D eigenvalue weighted by molar-refractivity contribution is 0.185. The SMILES string of the molecule is COc1cccc(NC(N)=NCc2cccc(CN3CCC(C)CC3)c2)c1. The van der Waals surface area contributed by atoms with Gasteiger partial charge in [0, 0.05) is 18.3 Å². The van der Waals surface area contributed by atoms with Crippen molar-refractivity contribution in [3.8, 4) is 5.75 Å². The molecule has 0 unspecified atom stereocenters. The fourth-order valence-corrected chi connectivity index (χ4v) is 3.37. The van der Waals surface area contributed by atoms with E-state index in [4.69, 9.17) is 10.5 Å². The quantitative estimate of drug-likeness (QED) is 0.602. The van der Waals surface area contributed by atoms with E-state index in [0.29, 0.717) is 12.5 Å². The lowest BCUT2D eigenvalue weighted by Gasteiger charge is -2.30. The number of hydrogen-bond donors (Lipinski definition) is 2. The zero-order valence-electron chi connectivity index (χ0n) is 16.3. The summed E-state index contributed by atoms with van der Waals surface area (Å²) in [6, 6.07) is 16.3. The molecule has 0 aliphatic carbocycles. The molecule has 0 spiro atoms. The van der Waals surface area contributed by atoms with Crippen LogP contribution in [0.15, 0.2) is 53.5 Å². The first kappa shape index (κ1) is 19.2. The van der Waals surface area contributed by atoms with Gasteiger partial charge < -0.3 is 15.8 Å². The van der Waals surface area contributed by atoms with Gasteiger partial charge in [-0.1, -0.05) is 37.3 Å². The van der Waals surface area contributed by atoms with Gasteiger partial charge in [-0.15, -0.1) is 0 Å². The molecule has 27 heavy (non-hydrogen) atoms. The molecule has 0 saturated carbocycles. The van der Waals surface area contributed by atoms with Crippen LogP contribution in [0.1, 0.15) is 30.9 Å². The molecule has 0 radical (unpaired) electrons. The summed E-state index contributed by atoms with van der Waals surface area (Å²) in [4.78, 5) is 7.01. The van der Waals surface area contributed by atoms with Gasteiger partial charge in [-0.05, 0) is 55.1 Å². The Morgan fingerprint density at radius 2 is 1.89 bits per heavy atom. The highest BCUT2D eigenvalue weighted by molar-refractivity contribution is 5.92. The third kappa shape index (κ3) is 6.00. The average molecular weight is 367 g/mol. The van der Waals surface area contributed by atoms with Crippen molar-refractivity contribution in [1.29, 1.82) is 0 Å². The molecule has 0 aromatic heterocycles. The van der Waals surface area contributed by atoms with Gasteiger partial charge in [0.25, 0.3) is 0 Å². The van der Waals surface area contributed by atoms with Gasteiger partial charge in [-0.25, -0.2) is 4.99 Å². The Labute approximate surface area is 162 Å². The number of likely N-dealkylation sites (tertiary alicyclic amines) is 1. The van der Waals surface area contributed by atoms with E-state index in [1.165, 1.54) is 37.1 Å². The molecule has 5 heteroatoms. The van der Waals surface area contributed by atoms with Gasteiger partial charge in [-0.2, -0.15) is 0 Å². The number of aliphatic imine (C=N–C) groups is 1. The summed E-state index contributed by atoms with van der Waals surface area (Å²) in [5, 5.41) is 3.11. The molecule has 1 saturated heterocycles. The van der Waals surface area contributed by atoms with Crippen LogP contribution in [0.5, 0.6) is 5.75 Å². The van der Waals surface area contributed by atoms with E-state index >= 15 is 0 Å². The summed E-state index contributed by atoms with van der Waals surface area (Å²) < 4.78 is 5.22. The molecule has 2 aromatic carbocycles. The largest absolute Gasteiger partial charge is 0.497 e. The van der Waals surface area contributed by atoms with Crippen molar-refractivity contribution < 1.29 is 4.74 Å². The van der Waals surface area contributed by atoms with Crippen molar-refractivity contribution in [3.63, 3.8) is 0 Å². The van der Waals surface area contributed by atoms with Crippen LogP contribution in [0.4, 0.5) is 5.69 Å². The second-order valence-corrected chi connectivity index (χ2v) is 7.34. The van der Waals surface area contributed by atoms with Crippen LogP contribution in [0, 0.1) is 5.92 Å². The van der Waals surface area contributed by atoms with Crippen molar-refractivity contribution in [2.45, 2.75) is 32.9 Å². The predicted molar refractivity (Wildman–Crippen MR) is 112 cm³/mol. The average Bonchev–Trinajstić information content (AvgIpc) is 2.69. The second-order valence-electron chi connectivity index (χ2n) is 7.34. The van der Waals surface area contributed by atoms with Gasteiger partial charge in [0.05, 0.1) is 13.7 Å². The van der Waals surface area contributed by atoms with Crippen molar-refractivity contribution in [3.05, 3.63) is 59.7 Å². The molecule has 5 nitrogen and oxygen atoms in total. The summed E-state index contributed by atoms with van der Waals surface area (Å²) in [5.74, 6) is 2.05. The standard InChI is InChI=1S/C22H30N4O/c1-17-9-11-26(12-10-17)16-19-6-3-5-18(13-19)15-24-22(23)25-20-7-4-8-21(14-20)27-2/h3-8,13-14,17H,9-12,15-16H2,1-2H3,(H3,23,24,25). The van der Waals surface area contributed by atoms with Gasteiger partial charge in [0.2, 0.25) is 0 Å². The molecule has 3 N–H and O–H groups in total. The summed E-state index contributed by atoms with van der Waals surface area (Å²) in [6.07, 6.45) is 2.60. The normalized spacial score (nSPS) is 16.3. The summed E-state index contributed by atoms with van der Waals surface area (Å²) in [6.45, 7) is 6.32. The Bertz CT molecular complexity index is 766. The van der Waals surface area contributed by atoms with E-state index in [0.717, 1.165) is 23.9 Å². The van der Waals surface area contributed by atoms with Crippen LogP contribution >= 0.6 is 0 Å². The fourth-order valence-electron chi connectivity index (χ4n) is 3.37. The summed E-state index contributed by atoms with van der Waals surface area (Å²) >= 11 is 0. The van der Waals surface area contributed by atoms with E-state index in [1.807, 2.05) is 24.3 Å². The van der Waals surface area contributed by atoms with Crippen LogP contribution in [-0.2, 0) is 13.1 Å². The van der Waals surface area contributed by atoms with Gasteiger partial charge in [-0.3, -0.25) is 4.90 Å². The predicted octanol–water partition coefficient (Wildman–Crippen LogP) is 3.85. The maximum absolute atomic E-state index is 6.04. The first-order chi connectivity index (χ1) is 13.1. The Balaban J connectivity index is 1.56. The number of ether oxygens (including phenoxy) is 1. The van der Waals surface area contributed by atoms with Gasteiger partial charge >= 0.3 is 0 Å². The summed E-state index contributed by atoms with van der Waals surface area (Å²) in [5.41, 5.74) is 9.42. The minimum atomic E-state index is 0.402. The number of methoxy groups -OCH3 is 1. The molecule has 1 fully saturated rings. The van der Waals surface area contributed by atoms with Crippen LogP contribution in [0.25, 0.3) is 0 Å². The molecular formula is C22H30N4O. The van der Waals surface area contributed by atoms with Gasteiger partial charge in [0.1, 0.15) is 5.75 Å². The fraction of sp³-hybridized carbons (Fsp3) is 0.409. The van der Waals surface area contributed by atoms with Crippen molar-refractivity contribution >= 4 is 11.6 Å². The van der Waals surface area contributed by atoms with Crippen LogP contribution in [0.2, 0.25) is 0 Å². The number of rotatable bonds is 6. The molecule has 1 aliphatic heterocycles. The van der Waals surface area contributed by atoms with E-state index in [1.54, 1.807) is 7.11 Å². The third-order valence-electron chi connectivity index (χ3n) is 5.05. The zero-order chi connectivity index (χ0) is 19.1. The molecular weight excluding hydrogens is 336 g/mol. The highest BCUT2D eigenvalue weighted by Crippen LogP contribution is 2.19. The van der Waals surface area contributed by atoms with Gasteiger partial charge in [0.15, 0.2) is 5.96 Å². The van der Waals surface area contributed by atoms with E-state index in [9.17, 15) is 0 Å². The topological polar surface area (TPSA) is 62.9 Å². The first-order valence-corrected chi connectivity index (χ1v) is 9.63. The monoisotopic (exact) mass is 366 g/mol. The maximum atomic E-state index is 6.04. The Morgan fingerprint density at radius 3 is 2.67 bits per heavy atom.